The maximum Gasteiger partial charge on any atom is 0.251 e. The number of halogens is 1. The third kappa shape index (κ3) is 3.95. The van der Waals surface area contributed by atoms with Crippen LogP contribution in [0.1, 0.15) is 28.8 Å². The fourth-order valence-corrected chi connectivity index (χ4v) is 2.06. The van der Waals surface area contributed by atoms with Crippen LogP contribution in [0, 0.1) is 0 Å². The van der Waals surface area contributed by atoms with Crippen LogP contribution in [-0.4, -0.2) is 16.9 Å². The first-order valence-electron chi connectivity index (χ1n) is 6.96. The van der Waals surface area contributed by atoms with Crippen molar-refractivity contribution < 1.29 is 4.79 Å². The molecule has 108 valence electrons. The van der Waals surface area contributed by atoms with Crippen molar-refractivity contribution in [3.05, 3.63) is 58.7 Å². The van der Waals surface area contributed by atoms with E-state index in [9.17, 15) is 4.79 Å². The molecule has 21 heavy (non-hydrogen) atoms. The third-order valence-corrected chi connectivity index (χ3v) is 3.55. The number of carbonyl (C=O) groups excluding carboxylic acids is 1. The Morgan fingerprint density at radius 2 is 1.95 bits per heavy atom. The van der Waals surface area contributed by atoms with Gasteiger partial charge >= 0.3 is 0 Å². The number of benzene rings is 1. The number of amides is 1. The van der Waals surface area contributed by atoms with Crippen molar-refractivity contribution in [3.8, 4) is 0 Å². The molecule has 4 nitrogen and oxygen atoms in total. The van der Waals surface area contributed by atoms with E-state index in [0.717, 1.165) is 24.2 Å². The highest BCUT2D eigenvalue weighted by Gasteiger charge is 2.23. The van der Waals surface area contributed by atoms with Crippen LogP contribution in [0.15, 0.2) is 42.6 Å². The Morgan fingerprint density at radius 1 is 1.19 bits per heavy atom. The lowest BCUT2D eigenvalue weighted by Crippen LogP contribution is -2.25. The molecule has 1 aliphatic carbocycles. The van der Waals surface area contributed by atoms with Crippen LogP contribution in [0.3, 0.4) is 0 Å². The summed E-state index contributed by atoms with van der Waals surface area (Å²) < 4.78 is 0. The molecule has 2 N–H and O–H groups in total. The first-order valence-corrected chi connectivity index (χ1v) is 7.34. The summed E-state index contributed by atoms with van der Waals surface area (Å²) in [6, 6.07) is 11.6. The zero-order valence-corrected chi connectivity index (χ0v) is 12.2. The second-order valence-corrected chi connectivity index (χ2v) is 5.60. The lowest BCUT2D eigenvalue weighted by Gasteiger charge is -2.07. The van der Waals surface area contributed by atoms with Gasteiger partial charge in [0.15, 0.2) is 0 Å². The number of aromatic nitrogens is 1. The van der Waals surface area contributed by atoms with Crippen molar-refractivity contribution in [1.82, 2.24) is 10.3 Å². The van der Waals surface area contributed by atoms with Crippen LogP contribution < -0.4 is 10.6 Å². The maximum absolute atomic E-state index is 11.9. The van der Waals surface area contributed by atoms with E-state index >= 15 is 0 Å². The van der Waals surface area contributed by atoms with Gasteiger partial charge in [-0.05, 0) is 42.7 Å². The summed E-state index contributed by atoms with van der Waals surface area (Å²) in [5, 5.41) is 6.80. The molecule has 0 atom stereocenters. The predicted octanol–water partition coefficient (Wildman–Crippen LogP) is 3.24. The van der Waals surface area contributed by atoms with Gasteiger partial charge < -0.3 is 10.6 Å². The molecule has 1 aromatic carbocycles. The van der Waals surface area contributed by atoms with Crippen LogP contribution in [0.25, 0.3) is 0 Å². The summed E-state index contributed by atoms with van der Waals surface area (Å²) in [5.74, 6) is 0.784. The summed E-state index contributed by atoms with van der Waals surface area (Å²) in [6.07, 6.45) is 3.80. The SMILES string of the molecule is O=C(NC1CC1)c1ccc(CNc2ccc(Cl)cn2)cc1. The Balaban J connectivity index is 1.56. The van der Waals surface area contributed by atoms with Gasteiger partial charge in [0.2, 0.25) is 0 Å². The molecule has 0 unspecified atom stereocenters. The minimum absolute atomic E-state index is 0.0105. The molecule has 1 saturated carbocycles. The van der Waals surface area contributed by atoms with Crippen LogP contribution in [0.4, 0.5) is 5.82 Å². The highest BCUT2D eigenvalue weighted by molar-refractivity contribution is 6.30. The molecule has 1 heterocycles. The zero-order chi connectivity index (χ0) is 14.7. The maximum atomic E-state index is 11.9. The number of rotatable bonds is 5. The Hall–Kier alpha value is -2.07. The van der Waals surface area contributed by atoms with Crippen LogP contribution in [0.2, 0.25) is 5.02 Å². The van der Waals surface area contributed by atoms with Gasteiger partial charge in [-0.2, -0.15) is 0 Å². The number of pyridine rings is 1. The van der Waals surface area contributed by atoms with Gasteiger partial charge in [-0.3, -0.25) is 4.79 Å². The summed E-state index contributed by atoms with van der Waals surface area (Å²) in [4.78, 5) is 16.0. The number of hydrogen-bond donors (Lipinski definition) is 2. The van der Waals surface area contributed by atoms with Crippen molar-refractivity contribution >= 4 is 23.3 Å². The molecule has 5 heteroatoms. The van der Waals surface area contributed by atoms with Crippen LogP contribution >= 0.6 is 11.6 Å². The fraction of sp³-hybridized carbons (Fsp3) is 0.250. The Labute approximate surface area is 128 Å². The number of anilines is 1. The lowest BCUT2D eigenvalue weighted by molar-refractivity contribution is 0.0951. The molecule has 0 spiro atoms. The molecule has 3 rings (SSSR count). The highest BCUT2D eigenvalue weighted by Crippen LogP contribution is 2.19. The van der Waals surface area contributed by atoms with Gasteiger partial charge in [-0.1, -0.05) is 23.7 Å². The molecule has 1 fully saturated rings. The summed E-state index contributed by atoms with van der Waals surface area (Å²) >= 11 is 5.79. The fourth-order valence-electron chi connectivity index (χ4n) is 1.94. The number of hydrogen-bond acceptors (Lipinski definition) is 3. The summed E-state index contributed by atoms with van der Waals surface area (Å²) in [6.45, 7) is 0.652. The second-order valence-electron chi connectivity index (χ2n) is 5.16. The van der Waals surface area contributed by atoms with E-state index in [2.05, 4.69) is 15.6 Å². The van der Waals surface area contributed by atoms with Crippen molar-refractivity contribution in [1.29, 1.82) is 0 Å². The first kappa shape index (κ1) is 13.9. The minimum Gasteiger partial charge on any atom is -0.366 e. The van der Waals surface area contributed by atoms with Crippen LogP contribution in [-0.2, 0) is 6.54 Å². The van der Waals surface area contributed by atoms with E-state index in [4.69, 9.17) is 11.6 Å². The highest BCUT2D eigenvalue weighted by atomic mass is 35.5. The van der Waals surface area contributed by atoms with Gasteiger partial charge in [0.05, 0.1) is 5.02 Å². The number of nitrogens with one attached hydrogen (secondary N) is 2. The average molecular weight is 302 g/mol. The minimum atomic E-state index is 0.0105. The van der Waals surface area contributed by atoms with E-state index in [1.807, 2.05) is 30.3 Å². The van der Waals surface area contributed by atoms with E-state index in [-0.39, 0.29) is 5.91 Å². The molecule has 1 amide bonds. The second kappa shape index (κ2) is 6.14. The summed E-state index contributed by atoms with van der Waals surface area (Å²) in [5.41, 5.74) is 1.80. The van der Waals surface area contributed by atoms with Gasteiger partial charge in [-0.25, -0.2) is 4.98 Å². The summed E-state index contributed by atoms with van der Waals surface area (Å²) in [7, 11) is 0. The zero-order valence-electron chi connectivity index (χ0n) is 11.5. The Bertz CT molecular complexity index is 621. The van der Waals surface area contributed by atoms with Crippen molar-refractivity contribution in [3.63, 3.8) is 0 Å². The van der Waals surface area contributed by atoms with Gasteiger partial charge in [0, 0.05) is 24.3 Å². The third-order valence-electron chi connectivity index (χ3n) is 3.33. The quantitative estimate of drug-likeness (QED) is 0.891. The Kier molecular flexibility index (Phi) is 4.06. The normalized spacial score (nSPS) is 13.8. The molecular weight excluding hydrogens is 286 g/mol. The standard InChI is InChI=1S/C16H16ClN3O/c17-13-5-8-15(19-10-13)18-9-11-1-3-12(4-2-11)16(21)20-14-6-7-14/h1-5,8,10,14H,6-7,9H2,(H,18,19)(H,20,21). The molecular formula is C16H16ClN3O. The smallest absolute Gasteiger partial charge is 0.251 e. The molecule has 1 aliphatic rings. The average Bonchev–Trinajstić information content (AvgIpc) is 3.31. The predicted molar refractivity (Wildman–Crippen MR) is 83.5 cm³/mol. The molecule has 2 aromatic rings. The number of nitrogens with zero attached hydrogens (tertiary/aromatic N) is 1. The molecule has 0 bridgehead atoms. The van der Waals surface area contributed by atoms with Crippen molar-refractivity contribution in [2.75, 3.05) is 5.32 Å². The van der Waals surface area contributed by atoms with E-state index in [1.165, 1.54) is 0 Å². The van der Waals surface area contributed by atoms with Crippen molar-refractivity contribution in [2.24, 2.45) is 0 Å². The molecule has 0 aliphatic heterocycles. The number of carbonyl (C=O) groups is 1. The van der Waals surface area contributed by atoms with E-state index in [0.29, 0.717) is 23.2 Å². The van der Waals surface area contributed by atoms with Crippen molar-refractivity contribution in [2.45, 2.75) is 25.4 Å². The van der Waals surface area contributed by atoms with Gasteiger partial charge in [-0.15, -0.1) is 0 Å². The topological polar surface area (TPSA) is 54.0 Å². The van der Waals surface area contributed by atoms with Gasteiger partial charge in [0.1, 0.15) is 5.82 Å². The van der Waals surface area contributed by atoms with Crippen LogP contribution in [0.5, 0.6) is 0 Å². The molecule has 1 aromatic heterocycles. The molecule has 0 saturated heterocycles. The van der Waals surface area contributed by atoms with E-state index in [1.54, 1.807) is 12.3 Å². The Morgan fingerprint density at radius 3 is 2.57 bits per heavy atom. The monoisotopic (exact) mass is 301 g/mol. The van der Waals surface area contributed by atoms with E-state index < -0.39 is 0 Å². The van der Waals surface area contributed by atoms with Gasteiger partial charge in [0.25, 0.3) is 5.91 Å². The largest absolute Gasteiger partial charge is 0.366 e. The lowest BCUT2D eigenvalue weighted by atomic mass is 10.1. The first-order chi connectivity index (χ1) is 10.2. The molecule has 0 radical (unpaired) electrons.